The van der Waals surface area contributed by atoms with Gasteiger partial charge in [0.25, 0.3) is 0 Å². The monoisotopic (exact) mass is 327 g/mol. The van der Waals surface area contributed by atoms with Crippen molar-refractivity contribution in [2.24, 2.45) is 0 Å². The van der Waals surface area contributed by atoms with Gasteiger partial charge in [0, 0.05) is 16.6 Å². The molecule has 2 N–H and O–H groups in total. The fourth-order valence-corrected chi connectivity index (χ4v) is 2.98. The van der Waals surface area contributed by atoms with Crippen LogP contribution in [-0.2, 0) is 0 Å². The number of thiophene rings is 1. The van der Waals surface area contributed by atoms with E-state index in [0.29, 0.717) is 11.5 Å². The molecule has 1 aromatic heterocycles. The van der Waals surface area contributed by atoms with Gasteiger partial charge in [0.15, 0.2) is 11.5 Å². The van der Waals surface area contributed by atoms with E-state index >= 15 is 0 Å². The first-order valence-corrected chi connectivity index (χ1v) is 7.77. The third-order valence-corrected chi connectivity index (χ3v) is 4.33. The summed E-state index contributed by atoms with van der Waals surface area (Å²) in [6.45, 7) is 2.27. The summed E-state index contributed by atoms with van der Waals surface area (Å²) in [5, 5.41) is 12.3. The van der Waals surface area contributed by atoms with Crippen LogP contribution in [0.25, 0.3) is 0 Å². The molecule has 0 aliphatic rings. The summed E-state index contributed by atoms with van der Waals surface area (Å²) < 4.78 is 11.5. The zero-order chi connectivity index (χ0) is 15.2. The van der Waals surface area contributed by atoms with E-state index in [9.17, 15) is 0 Å². The molecule has 0 amide bonds. The number of anilines is 1. The highest BCUT2D eigenvalue weighted by atomic mass is 35.5. The van der Waals surface area contributed by atoms with Gasteiger partial charge in [-0.3, -0.25) is 0 Å². The lowest BCUT2D eigenvalue weighted by Gasteiger charge is -2.16. The Balaban J connectivity index is 2.12. The fourth-order valence-electron chi connectivity index (χ4n) is 1.92. The Morgan fingerprint density at radius 2 is 2.10 bits per heavy atom. The van der Waals surface area contributed by atoms with Crippen LogP contribution in [0.15, 0.2) is 30.3 Å². The molecule has 0 spiro atoms. The highest BCUT2D eigenvalue weighted by Gasteiger charge is 2.11. The predicted octanol–water partition coefficient (Wildman–Crippen LogP) is 3.95. The summed E-state index contributed by atoms with van der Waals surface area (Å²) >= 11 is 7.51. The maximum atomic E-state index is 8.86. The van der Waals surface area contributed by atoms with Crippen LogP contribution >= 0.6 is 22.9 Å². The predicted molar refractivity (Wildman–Crippen MR) is 86.9 cm³/mol. The van der Waals surface area contributed by atoms with E-state index in [4.69, 9.17) is 26.2 Å². The van der Waals surface area contributed by atoms with Crippen LogP contribution in [-0.4, -0.2) is 25.4 Å². The third-order valence-electron chi connectivity index (χ3n) is 2.92. The van der Waals surface area contributed by atoms with Crippen molar-refractivity contribution in [2.75, 3.05) is 25.6 Å². The maximum absolute atomic E-state index is 8.86. The Morgan fingerprint density at radius 3 is 2.71 bits per heavy atom. The zero-order valence-electron chi connectivity index (χ0n) is 11.9. The normalized spacial score (nSPS) is 12.0. The molecule has 1 unspecified atom stereocenters. The van der Waals surface area contributed by atoms with Gasteiger partial charge in [-0.25, -0.2) is 0 Å². The van der Waals surface area contributed by atoms with Crippen LogP contribution in [0.5, 0.6) is 11.5 Å². The lowest BCUT2D eigenvalue weighted by molar-refractivity contribution is 0.196. The highest BCUT2D eigenvalue weighted by molar-refractivity contribution is 7.16. The molecule has 2 aromatic rings. The van der Waals surface area contributed by atoms with E-state index in [0.717, 1.165) is 14.9 Å². The fraction of sp³-hybridized carbons (Fsp3) is 0.333. The van der Waals surface area contributed by atoms with Crippen molar-refractivity contribution < 1.29 is 14.6 Å². The quantitative estimate of drug-likeness (QED) is 0.808. The van der Waals surface area contributed by atoms with Crippen molar-refractivity contribution in [1.82, 2.24) is 0 Å². The van der Waals surface area contributed by atoms with Gasteiger partial charge in [0.1, 0.15) is 6.61 Å². The first-order chi connectivity index (χ1) is 10.1. The molecular weight excluding hydrogens is 310 g/mol. The lowest BCUT2D eigenvalue weighted by Crippen LogP contribution is -2.06. The van der Waals surface area contributed by atoms with Gasteiger partial charge in [-0.15, -0.1) is 11.3 Å². The first-order valence-electron chi connectivity index (χ1n) is 6.57. The van der Waals surface area contributed by atoms with Crippen molar-refractivity contribution in [1.29, 1.82) is 0 Å². The van der Waals surface area contributed by atoms with Gasteiger partial charge < -0.3 is 19.9 Å². The van der Waals surface area contributed by atoms with E-state index in [1.54, 1.807) is 18.4 Å². The summed E-state index contributed by atoms with van der Waals surface area (Å²) in [7, 11) is 1.59. The average Bonchev–Trinajstić information content (AvgIpc) is 2.92. The summed E-state index contributed by atoms with van der Waals surface area (Å²) in [6, 6.07) is 9.67. The van der Waals surface area contributed by atoms with E-state index < -0.39 is 0 Å². The molecule has 0 bridgehead atoms. The smallest absolute Gasteiger partial charge is 0.163 e. The Morgan fingerprint density at radius 1 is 1.29 bits per heavy atom. The minimum atomic E-state index is -0.0368. The number of nitrogens with one attached hydrogen (secondary N) is 1. The van der Waals surface area contributed by atoms with Gasteiger partial charge in [0.05, 0.1) is 24.1 Å². The lowest BCUT2D eigenvalue weighted by atomic mass is 10.2. The number of rotatable bonds is 7. The number of aliphatic hydroxyl groups excluding tert-OH is 1. The van der Waals surface area contributed by atoms with Crippen molar-refractivity contribution >= 4 is 28.6 Å². The molecule has 2 rings (SSSR count). The summed E-state index contributed by atoms with van der Waals surface area (Å²) in [6.07, 6.45) is 0. The number of ether oxygens (including phenoxy) is 2. The summed E-state index contributed by atoms with van der Waals surface area (Å²) in [5.41, 5.74) is 0.917. The van der Waals surface area contributed by atoms with Crippen molar-refractivity contribution in [2.45, 2.75) is 13.0 Å². The highest BCUT2D eigenvalue weighted by Crippen LogP contribution is 2.33. The minimum absolute atomic E-state index is 0.0368. The van der Waals surface area contributed by atoms with Gasteiger partial charge in [-0.2, -0.15) is 0 Å². The number of hydrogen-bond donors (Lipinski definition) is 2. The van der Waals surface area contributed by atoms with E-state index in [1.807, 2.05) is 30.3 Å². The number of methoxy groups -OCH3 is 1. The standard InChI is InChI=1S/C15H18ClNO3S/c1-10(14-5-6-15(16)21-14)17-11-3-4-12(19-2)13(9-11)20-8-7-18/h3-6,9-10,17-18H,7-8H2,1-2H3. The van der Waals surface area contributed by atoms with Crippen LogP contribution in [0.2, 0.25) is 4.34 Å². The van der Waals surface area contributed by atoms with Crippen molar-refractivity contribution in [3.63, 3.8) is 0 Å². The van der Waals surface area contributed by atoms with Gasteiger partial charge in [-0.1, -0.05) is 11.6 Å². The van der Waals surface area contributed by atoms with Crippen molar-refractivity contribution in [3.8, 4) is 11.5 Å². The second-order valence-corrected chi connectivity index (χ2v) is 6.19. The van der Waals surface area contributed by atoms with Gasteiger partial charge >= 0.3 is 0 Å². The molecule has 0 aliphatic carbocycles. The largest absolute Gasteiger partial charge is 0.493 e. The third kappa shape index (κ3) is 4.27. The Hall–Kier alpha value is -1.43. The topological polar surface area (TPSA) is 50.7 Å². The van der Waals surface area contributed by atoms with Crippen LogP contribution < -0.4 is 14.8 Å². The van der Waals surface area contributed by atoms with Crippen LogP contribution in [0.3, 0.4) is 0 Å². The SMILES string of the molecule is COc1ccc(NC(C)c2ccc(Cl)s2)cc1OCCO. The second-order valence-electron chi connectivity index (χ2n) is 4.45. The molecule has 1 heterocycles. The van der Waals surface area contributed by atoms with Crippen molar-refractivity contribution in [3.05, 3.63) is 39.5 Å². The van der Waals surface area contributed by atoms with E-state index in [1.165, 1.54) is 0 Å². The molecule has 114 valence electrons. The number of benzene rings is 1. The maximum Gasteiger partial charge on any atom is 0.163 e. The Bertz CT molecular complexity index is 588. The number of halogens is 1. The molecule has 1 aromatic carbocycles. The molecule has 0 radical (unpaired) electrons. The molecule has 0 fully saturated rings. The second kappa shape index (κ2) is 7.54. The van der Waals surface area contributed by atoms with Crippen LogP contribution in [0.4, 0.5) is 5.69 Å². The van der Waals surface area contributed by atoms with Gasteiger partial charge in [0.2, 0.25) is 0 Å². The zero-order valence-corrected chi connectivity index (χ0v) is 13.5. The Kier molecular flexibility index (Phi) is 5.73. The average molecular weight is 328 g/mol. The minimum Gasteiger partial charge on any atom is -0.493 e. The molecule has 1 atom stereocenters. The van der Waals surface area contributed by atoms with Crippen LogP contribution in [0.1, 0.15) is 17.8 Å². The molecule has 4 nitrogen and oxygen atoms in total. The molecule has 0 saturated heterocycles. The molecule has 0 saturated carbocycles. The molecule has 6 heteroatoms. The number of aliphatic hydroxyl groups is 1. The first kappa shape index (κ1) is 15.9. The van der Waals surface area contributed by atoms with E-state index in [-0.39, 0.29) is 19.3 Å². The summed E-state index contributed by atoms with van der Waals surface area (Å²) in [4.78, 5) is 1.16. The Labute approximate surface area is 133 Å². The number of hydrogen-bond acceptors (Lipinski definition) is 5. The summed E-state index contributed by atoms with van der Waals surface area (Å²) in [5.74, 6) is 1.24. The molecule has 21 heavy (non-hydrogen) atoms. The molecule has 0 aliphatic heterocycles. The van der Waals surface area contributed by atoms with E-state index in [2.05, 4.69) is 12.2 Å². The molecular formula is C15H18ClNO3S. The van der Waals surface area contributed by atoms with Gasteiger partial charge in [-0.05, 0) is 31.2 Å². The van der Waals surface area contributed by atoms with Crippen LogP contribution in [0, 0.1) is 0 Å².